The second-order valence-corrected chi connectivity index (χ2v) is 8.31. The fourth-order valence-electron chi connectivity index (χ4n) is 4.50. The first kappa shape index (κ1) is 20.7. The molecular weight excluding hydrogens is 394 g/mol. The van der Waals surface area contributed by atoms with Gasteiger partial charge in [0.05, 0.1) is 12.6 Å². The van der Waals surface area contributed by atoms with Gasteiger partial charge in [-0.2, -0.15) is 0 Å². The number of hydrogen-bond donors (Lipinski definition) is 0. The van der Waals surface area contributed by atoms with Crippen LogP contribution in [-0.4, -0.2) is 101 Å². The van der Waals surface area contributed by atoms with Crippen molar-refractivity contribution < 1.29 is 23.2 Å². The number of likely N-dealkylation sites (tertiary alicyclic amines) is 2. The van der Waals surface area contributed by atoms with Gasteiger partial charge in [0.25, 0.3) is 11.8 Å². The summed E-state index contributed by atoms with van der Waals surface area (Å²) in [5.74, 6) is -3.40. The van der Waals surface area contributed by atoms with E-state index in [2.05, 4.69) is 0 Å². The summed E-state index contributed by atoms with van der Waals surface area (Å²) in [6, 6.07) is 7.72. The molecule has 1 aromatic carbocycles. The number of amides is 3. The zero-order valence-corrected chi connectivity index (χ0v) is 17.0. The van der Waals surface area contributed by atoms with Crippen LogP contribution in [0.1, 0.15) is 23.7 Å². The van der Waals surface area contributed by atoms with Crippen LogP contribution in [0, 0.1) is 0 Å². The van der Waals surface area contributed by atoms with Gasteiger partial charge >= 0.3 is 0 Å². The molecule has 30 heavy (non-hydrogen) atoms. The highest BCUT2D eigenvalue weighted by atomic mass is 19.3. The third kappa shape index (κ3) is 4.03. The highest BCUT2D eigenvalue weighted by Gasteiger charge is 2.53. The fourth-order valence-corrected chi connectivity index (χ4v) is 4.50. The largest absolute Gasteiger partial charge is 0.339 e. The molecule has 1 aromatic rings. The van der Waals surface area contributed by atoms with Crippen molar-refractivity contribution in [3.05, 3.63) is 35.9 Å². The number of carbonyl (C=O) groups excluding carboxylic acids is 3. The Morgan fingerprint density at radius 2 is 1.53 bits per heavy atom. The van der Waals surface area contributed by atoms with E-state index in [4.69, 9.17) is 0 Å². The van der Waals surface area contributed by atoms with Gasteiger partial charge in [-0.05, 0) is 12.1 Å². The molecule has 3 saturated heterocycles. The number of rotatable bonds is 3. The highest BCUT2D eigenvalue weighted by Crippen LogP contribution is 2.36. The summed E-state index contributed by atoms with van der Waals surface area (Å²) in [5, 5.41) is 0. The summed E-state index contributed by atoms with van der Waals surface area (Å²) in [7, 11) is 0. The van der Waals surface area contributed by atoms with Crippen LogP contribution < -0.4 is 0 Å². The minimum absolute atomic E-state index is 0.0474. The summed E-state index contributed by atoms with van der Waals surface area (Å²) in [6.07, 6.45) is -0.498. The van der Waals surface area contributed by atoms with Crippen LogP contribution in [0.15, 0.2) is 30.3 Å². The average molecular weight is 420 g/mol. The number of benzene rings is 1. The SMILES string of the molecule is CC(=O)N1CCN(C(=O)[C@@H]2CC(F)(F)CN2C2CN(C(=O)c3ccccc3)C2)CC1. The fraction of sp³-hybridized carbons (Fsp3) is 0.571. The van der Waals surface area contributed by atoms with E-state index >= 15 is 0 Å². The highest BCUT2D eigenvalue weighted by molar-refractivity contribution is 5.94. The van der Waals surface area contributed by atoms with E-state index < -0.39 is 24.9 Å². The number of halogens is 2. The van der Waals surface area contributed by atoms with Crippen LogP contribution in [0.5, 0.6) is 0 Å². The lowest BCUT2D eigenvalue weighted by atomic mass is 10.0. The summed E-state index contributed by atoms with van der Waals surface area (Å²) in [5.41, 5.74) is 0.568. The third-order valence-corrected chi connectivity index (χ3v) is 6.27. The van der Waals surface area contributed by atoms with Crippen LogP contribution in [0.25, 0.3) is 0 Å². The molecule has 0 aromatic heterocycles. The second-order valence-electron chi connectivity index (χ2n) is 8.31. The van der Waals surface area contributed by atoms with E-state index in [0.717, 1.165) is 0 Å². The molecule has 0 N–H and O–H groups in total. The van der Waals surface area contributed by atoms with E-state index in [1.54, 1.807) is 43.9 Å². The average Bonchev–Trinajstić information content (AvgIpc) is 3.02. The van der Waals surface area contributed by atoms with Crippen molar-refractivity contribution in [3.63, 3.8) is 0 Å². The molecular formula is C21H26F2N4O3. The molecule has 3 aliphatic heterocycles. The first-order chi connectivity index (χ1) is 14.2. The summed E-state index contributed by atoms with van der Waals surface area (Å²) >= 11 is 0. The summed E-state index contributed by atoms with van der Waals surface area (Å²) < 4.78 is 28.5. The molecule has 0 aliphatic carbocycles. The summed E-state index contributed by atoms with van der Waals surface area (Å²) in [6.45, 7) is 3.26. The molecule has 0 spiro atoms. The minimum Gasteiger partial charge on any atom is -0.339 e. The van der Waals surface area contributed by atoms with Gasteiger partial charge in [-0.1, -0.05) is 18.2 Å². The summed E-state index contributed by atoms with van der Waals surface area (Å²) in [4.78, 5) is 43.5. The van der Waals surface area contributed by atoms with Crippen molar-refractivity contribution >= 4 is 17.7 Å². The number of alkyl halides is 2. The normalized spacial score (nSPS) is 24.6. The Morgan fingerprint density at radius 1 is 0.933 bits per heavy atom. The monoisotopic (exact) mass is 420 g/mol. The number of nitrogens with zero attached hydrogens (tertiary/aromatic N) is 4. The van der Waals surface area contributed by atoms with Crippen molar-refractivity contribution in [1.29, 1.82) is 0 Å². The zero-order chi connectivity index (χ0) is 21.5. The minimum atomic E-state index is -2.93. The Balaban J connectivity index is 1.38. The maximum Gasteiger partial charge on any atom is 0.262 e. The van der Waals surface area contributed by atoms with Crippen LogP contribution in [0.2, 0.25) is 0 Å². The molecule has 9 heteroatoms. The number of piperazine rings is 1. The van der Waals surface area contributed by atoms with Crippen LogP contribution in [0.3, 0.4) is 0 Å². The molecule has 3 heterocycles. The smallest absolute Gasteiger partial charge is 0.262 e. The standard InChI is InChI=1S/C21H26F2N4O3/c1-15(28)24-7-9-25(10-8-24)20(30)18-11-21(22,23)14-27(18)17-12-26(13-17)19(29)16-5-3-2-4-6-16/h2-6,17-18H,7-14H2,1H3/t18-/m0/s1. The van der Waals surface area contributed by atoms with E-state index in [0.29, 0.717) is 44.8 Å². The van der Waals surface area contributed by atoms with Gasteiger partial charge < -0.3 is 14.7 Å². The van der Waals surface area contributed by atoms with Gasteiger partial charge in [0.2, 0.25) is 11.8 Å². The lowest BCUT2D eigenvalue weighted by Crippen LogP contribution is -2.64. The Kier molecular flexibility index (Phi) is 5.48. The predicted octanol–water partition coefficient (Wildman–Crippen LogP) is 0.911. The Labute approximate surface area is 174 Å². The molecule has 0 saturated carbocycles. The van der Waals surface area contributed by atoms with Crippen LogP contribution in [0.4, 0.5) is 8.78 Å². The first-order valence-electron chi connectivity index (χ1n) is 10.3. The second kappa shape index (κ2) is 7.94. The Bertz CT molecular complexity index is 821. The maximum absolute atomic E-state index is 14.2. The van der Waals surface area contributed by atoms with Gasteiger partial charge in [-0.25, -0.2) is 8.78 Å². The van der Waals surface area contributed by atoms with E-state index in [-0.39, 0.29) is 23.8 Å². The van der Waals surface area contributed by atoms with Gasteiger partial charge in [-0.3, -0.25) is 19.3 Å². The molecule has 0 bridgehead atoms. The van der Waals surface area contributed by atoms with E-state index in [1.807, 2.05) is 6.07 Å². The van der Waals surface area contributed by atoms with Crippen molar-refractivity contribution in [2.24, 2.45) is 0 Å². The zero-order valence-electron chi connectivity index (χ0n) is 17.0. The molecule has 3 fully saturated rings. The van der Waals surface area contributed by atoms with Gasteiger partial charge in [0, 0.05) is 64.2 Å². The molecule has 0 unspecified atom stereocenters. The van der Waals surface area contributed by atoms with E-state index in [9.17, 15) is 23.2 Å². The number of hydrogen-bond acceptors (Lipinski definition) is 4. The molecule has 162 valence electrons. The molecule has 4 rings (SSSR count). The quantitative estimate of drug-likeness (QED) is 0.729. The van der Waals surface area contributed by atoms with Crippen molar-refractivity contribution in [2.75, 3.05) is 45.8 Å². The van der Waals surface area contributed by atoms with Crippen molar-refractivity contribution in [3.8, 4) is 0 Å². The van der Waals surface area contributed by atoms with Crippen molar-refractivity contribution in [2.45, 2.75) is 31.4 Å². The van der Waals surface area contributed by atoms with Gasteiger partial charge in [-0.15, -0.1) is 0 Å². The third-order valence-electron chi connectivity index (χ3n) is 6.27. The Morgan fingerprint density at radius 3 is 2.13 bits per heavy atom. The predicted molar refractivity (Wildman–Crippen MR) is 105 cm³/mol. The topological polar surface area (TPSA) is 64.2 Å². The molecule has 7 nitrogen and oxygen atoms in total. The molecule has 3 amide bonds. The number of carbonyl (C=O) groups is 3. The molecule has 3 aliphatic rings. The van der Waals surface area contributed by atoms with Gasteiger partial charge in [0.15, 0.2) is 0 Å². The Hall–Kier alpha value is -2.55. The lowest BCUT2D eigenvalue weighted by molar-refractivity contribution is -0.143. The molecule has 0 radical (unpaired) electrons. The lowest BCUT2D eigenvalue weighted by Gasteiger charge is -2.46. The van der Waals surface area contributed by atoms with Gasteiger partial charge in [0.1, 0.15) is 0 Å². The van der Waals surface area contributed by atoms with E-state index in [1.165, 1.54) is 6.92 Å². The first-order valence-corrected chi connectivity index (χ1v) is 10.3. The van der Waals surface area contributed by atoms with Crippen LogP contribution >= 0.6 is 0 Å². The van der Waals surface area contributed by atoms with Crippen molar-refractivity contribution in [1.82, 2.24) is 19.6 Å². The maximum atomic E-state index is 14.2. The van der Waals surface area contributed by atoms with Crippen LogP contribution in [-0.2, 0) is 9.59 Å². The molecule has 1 atom stereocenters.